The molecule has 1 aromatic heterocycles. The van der Waals surface area contributed by atoms with Crippen LogP contribution >= 0.6 is 22.9 Å². The predicted molar refractivity (Wildman–Crippen MR) is 113 cm³/mol. The molecule has 1 N–H and O–H groups in total. The molecule has 2 aromatic rings. The van der Waals surface area contributed by atoms with Gasteiger partial charge in [0.1, 0.15) is 0 Å². The highest BCUT2D eigenvalue weighted by atomic mass is 35.5. The van der Waals surface area contributed by atoms with Crippen LogP contribution in [-0.4, -0.2) is 45.9 Å². The summed E-state index contributed by atoms with van der Waals surface area (Å²) < 4.78 is 5.59. The molecule has 0 aliphatic carbocycles. The Balaban J connectivity index is 2.03. The highest BCUT2D eigenvalue weighted by molar-refractivity contribution is 7.14. The van der Waals surface area contributed by atoms with Crippen molar-refractivity contribution in [3.8, 4) is 0 Å². The van der Waals surface area contributed by atoms with Gasteiger partial charge in [0, 0.05) is 11.6 Å². The molecule has 1 unspecified atom stereocenters. The molecule has 8 heteroatoms. The van der Waals surface area contributed by atoms with Crippen molar-refractivity contribution < 1.29 is 19.4 Å². The fourth-order valence-electron chi connectivity index (χ4n) is 3.36. The lowest BCUT2D eigenvalue weighted by molar-refractivity contribution is -0.130. The molecular weight excluding hydrogens is 412 g/mol. The number of halogens is 1. The van der Waals surface area contributed by atoms with E-state index in [-0.39, 0.29) is 24.0 Å². The Bertz CT molecular complexity index is 966. The topological polar surface area (TPSA) is 79.7 Å². The first-order valence-corrected chi connectivity index (χ1v) is 10.5. The molecule has 0 radical (unpaired) electrons. The van der Waals surface area contributed by atoms with E-state index in [9.17, 15) is 14.7 Å². The largest absolute Gasteiger partial charge is 0.503 e. The standard InChI is InChI=1S/C21H23ClN2O4S/c1-11(2)28-10-9-24-17(14-5-7-15(22)8-6-14)16(19(26)21(24)27)18(25)20-12(3)23-13(4)29-20/h5-8,11,17,26H,9-10H2,1-4H3. The Morgan fingerprint density at radius 3 is 2.52 bits per heavy atom. The van der Waals surface area contributed by atoms with Crippen molar-refractivity contribution >= 4 is 34.6 Å². The zero-order valence-electron chi connectivity index (χ0n) is 16.7. The molecule has 6 nitrogen and oxygen atoms in total. The van der Waals surface area contributed by atoms with Crippen LogP contribution in [0.3, 0.4) is 0 Å². The zero-order valence-corrected chi connectivity index (χ0v) is 18.3. The van der Waals surface area contributed by atoms with Crippen LogP contribution in [-0.2, 0) is 9.53 Å². The number of ketones is 1. The number of hydrogen-bond donors (Lipinski definition) is 1. The monoisotopic (exact) mass is 434 g/mol. The number of hydrogen-bond acceptors (Lipinski definition) is 6. The Morgan fingerprint density at radius 2 is 1.97 bits per heavy atom. The third-order valence-corrected chi connectivity index (χ3v) is 5.95. The highest BCUT2D eigenvalue weighted by Gasteiger charge is 2.44. The molecule has 0 fully saturated rings. The van der Waals surface area contributed by atoms with Crippen LogP contribution in [0.5, 0.6) is 0 Å². The third-order valence-electron chi connectivity index (χ3n) is 4.63. The summed E-state index contributed by atoms with van der Waals surface area (Å²) in [4.78, 5) is 32.4. The number of carbonyl (C=O) groups is 2. The first-order valence-electron chi connectivity index (χ1n) is 9.30. The molecule has 1 aliphatic heterocycles. The summed E-state index contributed by atoms with van der Waals surface area (Å²) in [6.07, 6.45) is 0.00663. The van der Waals surface area contributed by atoms with Crippen molar-refractivity contribution in [3.05, 3.63) is 61.8 Å². The van der Waals surface area contributed by atoms with E-state index in [1.54, 1.807) is 31.2 Å². The second kappa shape index (κ2) is 8.65. The SMILES string of the molecule is Cc1nc(C)c(C(=O)C2=C(O)C(=O)N(CCOC(C)C)C2c2ccc(Cl)cc2)s1. The fraction of sp³-hybridized carbons (Fsp3) is 0.381. The van der Waals surface area contributed by atoms with Gasteiger partial charge in [0.25, 0.3) is 5.91 Å². The number of thiazole rings is 1. The van der Waals surface area contributed by atoms with E-state index in [1.807, 2.05) is 20.8 Å². The van der Waals surface area contributed by atoms with Gasteiger partial charge in [0.05, 0.1) is 39.9 Å². The van der Waals surface area contributed by atoms with E-state index in [2.05, 4.69) is 4.98 Å². The molecule has 0 saturated carbocycles. The molecular formula is C21H23ClN2O4S. The van der Waals surface area contributed by atoms with Gasteiger partial charge in [-0.25, -0.2) is 4.98 Å². The van der Waals surface area contributed by atoms with E-state index < -0.39 is 17.7 Å². The minimum absolute atomic E-state index is 0.00663. The average Bonchev–Trinajstić information content (AvgIpc) is 3.12. The Morgan fingerprint density at radius 1 is 1.31 bits per heavy atom. The average molecular weight is 435 g/mol. The number of ether oxygens (including phenoxy) is 1. The molecule has 0 bridgehead atoms. The summed E-state index contributed by atoms with van der Waals surface area (Å²) >= 11 is 7.27. The molecule has 3 rings (SSSR count). The van der Waals surface area contributed by atoms with Gasteiger partial charge in [-0.3, -0.25) is 9.59 Å². The quantitative estimate of drug-likeness (QED) is 0.652. The molecule has 29 heavy (non-hydrogen) atoms. The molecule has 1 aromatic carbocycles. The van der Waals surface area contributed by atoms with Crippen LogP contribution in [0, 0.1) is 13.8 Å². The summed E-state index contributed by atoms with van der Waals surface area (Å²) in [5, 5.41) is 11.9. The number of aliphatic hydroxyl groups is 1. The Hall–Kier alpha value is -2.22. The lowest BCUT2D eigenvalue weighted by Gasteiger charge is -2.27. The predicted octanol–water partition coefficient (Wildman–Crippen LogP) is 4.42. The number of nitrogens with zero attached hydrogens (tertiary/aromatic N) is 2. The van der Waals surface area contributed by atoms with Crippen LogP contribution in [0.15, 0.2) is 35.6 Å². The number of aromatic nitrogens is 1. The second-order valence-corrected chi connectivity index (χ2v) is 8.75. The van der Waals surface area contributed by atoms with Crippen molar-refractivity contribution in [3.63, 3.8) is 0 Å². The maximum Gasteiger partial charge on any atom is 0.290 e. The molecule has 1 atom stereocenters. The number of amides is 1. The van der Waals surface area contributed by atoms with E-state index in [0.29, 0.717) is 27.8 Å². The van der Waals surface area contributed by atoms with Gasteiger partial charge in [0.15, 0.2) is 5.76 Å². The van der Waals surface area contributed by atoms with Crippen molar-refractivity contribution in [2.75, 3.05) is 13.2 Å². The highest BCUT2D eigenvalue weighted by Crippen LogP contribution is 2.40. The number of aryl methyl sites for hydroxylation is 2. The Kier molecular flexibility index (Phi) is 6.41. The van der Waals surface area contributed by atoms with E-state index >= 15 is 0 Å². The molecule has 1 amide bonds. The minimum Gasteiger partial charge on any atom is -0.503 e. The maximum absolute atomic E-state index is 13.3. The van der Waals surface area contributed by atoms with E-state index in [4.69, 9.17) is 16.3 Å². The summed E-state index contributed by atoms with van der Waals surface area (Å²) in [6.45, 7) is 7.91. The number of rotatable bonds is 7. The molecule has 0 spiro atoms. The molecule has 0 saturated heterocycles. The van der Waals surface area contributed by atoms with Crippen LogP contribution in [0.1, 0.15) is 45.8 Å². The summed E-state index contributed by atoms with van der Waals surface area (Å²) in [6, 6.07) is 6.19. The normalized spacial score (nSPS) is 17.0. The van der Waals surface area contributed by atoms with E-state index in [1.165, 1.54) is 16.2 Å². The van der Waals surface area contributed by atoms with Gasteiger partial charge < -0.3 is 14.7 Å². The minimum atomic E-state index is -0.718. The van der Waals surface area contributed by atoms with Crippen LogP contribution in [0.4, 0.5) is 0 Å². The lowest BCUT2D eigenvalue weighted by atomic mass is 9.95. The van der Waals surface area contributed by atoms with Crippen molar-refractivity contribution in [2.45, 2.75) is 39.8 Å². The van der Waals surface area contributed by atoms with Crippen molar-refractivity contribution in [1.29, 1.82) is 0 Å². The number of aliphatic hydroxyl groups excluding tert-OH is 1. The maximum atomic E-state index is 13.3. The Labute approximate surface area is 178 Å². The molecule has 154 valence electrons. The number of benzene rings is 1. The zero-order chi connectivity index (χ0) is 21.3. The summed E-state index contributed by atoms with van der Waals surface area (Å²) in [7, 11) is 0. The van der Waals surface area contributed by atoms with Gasteiger partial charge in [-0.2, -0.15) is 0 Å². The smallest absolute Gasteiger partial charge is 0.290 e. The summed E-state index contributed by atoms with van der Waals surface area (Å²) in [5.41, 5.74) is 1.34. The molecule has 2 heterocycles. The van der Waals surface area contributed by atoms with Gasteiger partial charge in [-0.05, 0) is 45.4 Å². The van der Waals surface area contributed by atoms with E-state index in [0.717, 1.165) is 5.01 Å². The van der Waals surface area contributed by atoms with Gasteiger partial charge in [0.2, 0.25) is 5.78 Å². The van der Waals surface area contributed by atoms with Crippen molar-refractivity contribution in [1.82, 2.24) is 9.88 Å². The summed E-state index contributed by atoms with van der Waals surface area (Å²) in [5.74, 6) is -1.49. The second-order valence-electron chi connectivity index (χ2n) is 7.11. The number of Topliss-reactive ketones (excluding diaryl/α,β-unsaturated/α-hetero) is 1. The van der Waals surface area contributed by atoms with Crippen molar-refractivity contribution in [2.24, 2.45) is 0 Å². The first kappa shape index (κ1) is 21.5. The van der Waals surface area contributed by atoms with Crippen LogP contribution in [0.25, 0.3) is 0 Å². The third kappa shape index (κ3) is 4.37. The lowest BCUT2D eigenvalue weighted by Crippen LogP contribution is -2.34. The fourth-order valence-corrected chi connectivity index (χ4v) is 4.36. The van der Waals surface area contributed by atoms with Gasteiger partial charge in [-0.15, -0.1) is 11.3 Å². The molecule has 1 aliphatic rings. The number of carbonyl (C=O) groups excluding carboxylic acids is 2. The first-order chi connectivity index (χ1) is 13.7. The van der Waals surface area contributed by atoms with Gasteiger partial charge in [-0.1, -0.05) is 23.7 Å². The van der Waals surface area contributed by atoms with Crippen LogP contribution in [0.2, 0.25) is 5.02 Å². The van der Waals surface area contributed by atoms with Gasteiger partial charge >= 0.3 is 0 Å². The van der Waals surface area contributed by atoms with Crippen LogP contribution < -0.4 is 0 Å².